The number of aromatic nitrogens is 2. The van der Waals surface area contributed by atoms with Crippen LogP contribution in [-0.2, 0) is 0 Å². The molecule has 1 aliphatic rings. The molecule has 3 rings (SSSR count). The van der Waals surface area contributed by atoms with E-state index in [0.717, 1.165) is 22.3 Å². The third kappa shape index (κ3) is 2.10. The zero-order chi connectivity index (χ0) is 12.5. The fourth-order valence-corrected chi connectivity index (χ4v) is 3.09. The van der Waals surface area contributed by atoms with E-state index in [1.165, 1.54) is 24.1 Å². The number of aromatic amines is 1. The smallest absolute Gasteiger partial charge is 0.107 e. The van der Waals surface area contributed by atoms with Gasteiger partial charge in [0.1, 0.15) is 5.69 Å². The molecule has 1 atom stereocenters. The van der Waals surface area contributed by atoms with Crippen LogP contribution in [0.3, 0.4) is 0 Å². The van der Waals surface area contributed by atoms with Crippen molar-refractivity contribution in [2.24, 2.45) is 0 Å². The summed E-state index contributed by atoms with van der Waals surface area (Å²) in [5.74, 6) is 0. The standard InChI is InChI=1S/C14H16BrN3/c1-9-4-6-10(7-5-9)13-12(15)14(18-17-13)11-3-2-8-16-11/h4-7,11,16H,2-3,8H2,1H3,(H,17,18). The summed E-state index contributed by atoms with van der Waals surface area (Å²) in [6.45, 7) is 3.19. The van der Waals surface area contributed by atoms with Crippen LogP contribution in [0.5, 0.6) is 0 Å². The molecule has 1 aliphatic heterocycles. The van der Waals surface area contributed by atoms with Crippen LogP contribution in [0.15, 0.2) is 28.7 Å². The Morgan fingerprint density at radius 1 is 1.28 bits per heavy atom. The summed E-state index contributed by atoms with van der Waals surface area (Å²) in [6.07, 6.45) is 2.41. The molecule has 18 heavy (non-hydrogen) atoms. The highest BCUT2D eigenvalue weighted by Crippen LogP contribution is 2.34. The van der Waals surface area contributed by atoms with Gasteiger partial charge in [-0.1, -0.05) is 29.8 Å². The lowest BCUT2D eigenvalue weighted by molar-refractivity contribution is 0.623. The highest BCUT2D eigenvalue weighted by molar-refractivity contribution is 9.10. The Kier molecular flexibility index (Phi) is 3.22. The van der Waals surface area contributed by atoms with Crippen molar-refractivity contribution < 1.29 is 0 Å². The second-order valence-corrected chi connectivity index (χ2v) is 5.61. The van der Waals surface area contributed by atoms with Gasteiger partial charge in [-0.2, -0.15) is 5.10 Å². The molecule has 0 amide bonds. The van der Waals surface area contributed by atoms with Gasteiger partial charge < -0.3 is 5.32 Å². The summed E-state index contributed by atoms with van der Waals surface area (Å²) in [6, 6.07) is 8.86. The normalized spacial score (nSPS) is 19.3. The Labute approximate surface area is 115 Å². The molecule has 0 bridgehead atoms. The molecule has 1 saturated heterocycles. The fourth-order valence-electron chi connectivity index (χ4n) is 2.41. The molecule has 2 N–H and O–H groups in total. The van der Waals surface area contributed by atoms with Crippen molar-refractivity contribution in [2.45, 2.75) is 25.8 Å². The van der Waals surface area contributed by atoms with Gasteiger partial charge in [-0.05, 0) is 42.2 Å². The van der Waals surface area contributed by atoms with E-state index in [-0.39, 0.29) is 0 Å². The zero-order valence-electron chi connectivity index (χ0n) is 10.3. The van der Waals surface area contributed by atoms with Crippen molar-refractivity contribution >= 4 is 15.9 Å². The third-order valence-corrected chi connectivity index (χ3v) is 4.27. The van der Waals surface area contributed by atoms with E-state index in [1.54, 1.807) is 0 Å². The molecule has 2 heterocycles. The largest absolute Gasteiger partial charge is 0.309 e. The highest BCUT2D eigenvalue weighted by Gasteiger charge is 2.22. The van der Waals surface area contributed by atoms with E-state index >= 15 is 0 Å². The summed E-state index contributed by atoms with van der Waals surface area (Å²) in [5, 5.41) is 11.1. The van der Waals surface area contributed by atoms with Crippen molar-refractivity contribution in [1.82, 2.24) is 15.5 Å². The molecule has 2 aromatic rings. The van der Waals surface area contributed by atoms with E-state index in [1.807, 2.05) is 0 Å². The van der Waals surface area contributed by atoms with Crippen LogP contribution >= 0.6 is 15.9 Å². The van der Waals surface area contributed by atoms with Gasteiger partial charge in [0.15, 0.2) is 0 Å². The number of rotatable bonds is 2. The quantitative estimate of drug-likeness (QED) is 0.890. The zero-order valence-corrected chi connectivity index (χ0v) is 11.9. The molecule has 0 radical (unpaired) electrons. The minimum atomic E-state index is 0.408. The van der Waals surface area contributed by atoms with E-state index in [0.29, 0.717) is 6.04 Å². The minimum absolute atomic E-state index is 0.408. The Morgan fingerprint density at radius 3 is 2.72 bits per heavy atom. The summed E-state index contributed by atoms with van der Waals surface area (Å²) in [7, 11) is 0. The van der Waals surface area contributed by atoms with Gasteiger partial charge in [-0.15, -0.1) is 0 Å². The highest BCUT2D eigenvalue weighted by atomic mass is 79.9. The Bertz CT molecular complexity index is 539. The number of hydrogen-bond donors (Lipinski definition) is 2. The second-order valence-electron chi connectivity index (χ2n) is 4.81. The van der Waals surface area contributed by atoms with Crippen LogP contribution in [0.2, 0.25) is 0 Å². The second kappa shape index (κ2) is 4.86. The first-order valence-corrected chi connectivity index (χ1v) is 7.09. The van der Waals surface area contributed by atoms with Crippen molar-refractivity contribution in [3.8, 4) is 11.3 Å². The molecule has 1 unspecified atom stereocenters. The predicted octanol–water partition coefficient (Wildman–Crippen LogP) is 3.57. The third-order valence-electron chi connectivity index (χ3n) is 3.47. The van der Waals surface area contributed by atoms with Crippen LogP contribution < -0.4 is 5.32 Å². The lowest BCUT2D eigenvalue weighted by atomic mass is 10.1. The van der Waals surface area contributed by atoms with Gasteiger partial charge in [0.05, 0.1) is 16.2 Å². The topological polar surface area (TPSA) is 40.7 Å². The van der Waals surface area contributed by atoms with Gasteiger partial charge in [-0.3, -0.25) is 5.10 Å². The van der Waals surface area contributed by atoms with Gasteiger partial charge >= 0.3 is 0 Å². The molecule has 1 aromatic carbocycles. The number of nitrogens with zero attached hydrogens (tertiary/aromatic N) is 1. The molecule has 1 fully saturated rings. The lowest BCUT2D eigenvalue weighted by Gasteiger charge is -2.07. The minimum Gasteiger partial charge on any atom is -0.309 e. The average Bonchev–Trinajstić information content (AvgIpc) is 2.99. The SMILES string of the molecule is Cc1ccc(-c2n[nH]c(C3CCCN3)c2Br)cc1. The van der Waals surface area contributed by atoms with Crippen LogP contribution in [0.1, 0.15) is 30.1 Å². The average molecular weight is 306 g/mol. The number of benzene rings is 1. The van der Waals surface area contributed by atoms with Crippen molar-refractivity contribution in [2.75, 3.05) is 6.54 Å². The van der Waals surface area contributed by atoms with Crippen molar-refractivity contribution in [3.63, 3.8) is 0 Å². The maximum atomic E-state index is 4.45. The molecule has 4 heteroatoms. The molecular formula is C14H16BrN3. The number of hydrogen-bond acceptors (Lipinski definition) is 2. The van der Waals surface area contributed by atoms with Crippen LogP contribution in [0.4, 0.5) is 0 Å². The molecule has 1 aromatic heterocycles. The summed E-state index contributed by atoms with van der Waals surface area (Å²) >= 11 is 3.68. The van der Waals surface area contributed by atoms with Crippen molar-refractivity contribution in [1.29, 1.82) is 0 Å². The van der Waals surface area contributed by atoms with Gasteiger partial charge in [0.25, 0.3) is 0 Å². The first-order chi connectivity index (χ1) is 8.75. The molecule has 3 nitrogen and oxygen atoms in total. The number of H-pyrrole nitrogens is 1. The Balaban J connectivity index is 1.96. The maximum Gasteiger partial charge on any atom is 0.107 e. The van der Waals surface area contributed by atoms with E-state index < -0.39 is 0 Å². The maximum absolute atomic E-state index is 4.45. The van der Waals surface area contributed by atoms with Crippen LogP contribution in [0, 0.1) is 6.92 Å². The number of aryl methyl sites for hydroxylation is 1. The van der Waals surface area contributed by atoms with Crippen LogP contribution in [0.25, 0.3) is 11.3 Å². The molecule has 0 spiro atoms. The Morgan fingerprint density at radius 2 is 2.06 bits per heavy atom. The number of nitrogens with one attached hydrogen (secondary N) is 2. The van der Waals surface area contributed by atoms with Crippen LogP contribution in [-0.4, -0.2) is 16.7 Å². The van der Waals surface area contributed by atoms with E-state index in [2.05, 4.69) is 62.6 Å². The first-order valence-electron chi connectivity index (χ1n) is 6.30. The first kappa shape index (κ1) is 11.9. The summed E-state index contributed by atoms with van der Waals surface area (Å²) in [5.41, 5.74) is 4.58. The Hall–Kier alpha value is -1.13. The molecule has 94 valence electrons. The lowest BCUT2D eigenvalue weighted by Crippen LogP contribution is -2.13. The fraction of sp³-hybridized carbons (Fsp3) is 0.357. The summed E-state index contributed by atoms with van der Waals surface area (Å²) < 4.78 is 1.09. The van der Waals surface area contributed by atoms with Crippen molar-refractivity contribution in [3.05, 3.63) is 40.0 Å². The monoisotopic (exact) mass is 305 g/mol. The molecular weight excluding hydrogens is 290 g/mol. The molecule has 0 aliphatic carbocycles. The predicted molar refractivity (Wildman–Crippen MR) is 76.4 cm³/mol. The van der Waals surface area contributed by atoms with Gasteiger partial charge in [0, 0.05) is 5.56 Å². The van der Waals surface area contributed by atoms with E-state index in [9.17, 15) is 0 Å². The number of halogens is 1. The molecule has 0 saturated carbocycles. The van der Waals surface area contributed by atoms with Gasteiger partial charge in [-0.25, -0.2) is 0 Å². The summed E-state index contributed by atoms with van der Waals surface area (Å²) in [4.78, 5) is 0. The van der Waals surface area contributed by atoms with E-state index in [4.69, 9.17) is 0 Å². The van der Waals surface area contributed by atoms with Gasteiger partial charge in [0.2, 0.25) is 0 Å².